The number of ether oxygens (including phenoxy) is 1. The Morgan fingerprint density at radius 2 is 1.67 bits per heavy atom. The van der Waals surface area contributed by atoms with Crippen LogP contribution in [0, 0.1) is 5.92 Å². The van der Waals surface area contributed by atoms with E-state index < -0.39 is 10.0 Å². The molecule has 0 aliphatic carbocycles. The van der Waals surface area contributed by atoms with Gasteiger partial charge >= 0.3 is 0 Å². The molecule has 1 saturated heterocycles. The highest BCUT2D eigenvalue weighted by atomic mass is 32.2. The van der Waals surface area contributed by atoms with E-state index >= 15 is 0 Å². The van der Waals surface area contributed by atoms with Gasteiger partial charge in [-0.25, -0.2) is 8.42 Å². The fourth-order valence-electron chi connectivity index (χ4n) is 3.58. The summed E-state index contributed by atoms with van der Waals surface area (Å²) in [6.45, 7) is 7.33. The van der Waals surface area contributed by atoms with E-state index in [1.165, 1.54) is 9.87 Å². The number of nitrogens with one attached hydrogen (secondary N) is 1. The Labute approximate surface area is 179 Å². The lowest BCUT2D eigenvalue weighted by atomic mass is 9.97. The third-order valence-corrected chi connectivity index (χ3v) is 7.35. The molecule has 0 saturated carbocycles. The molecule has 1 N–H and O–H groups in total. The minimum atomic E-state index is -3.57. The standard InChI is InChI=1S/C23H30N2O4S/c1-4-29-21-9-11-22(12-10-21)30(27,28)25-15-13-19(14-16-25)23(26)24-20-7-5-18(6-8-20)17(2)3/h5-12,17,19H,4,13-16H2,1-3H3,(H,24,26). The second kappa shape index (κ2) is 9.62. The summed E-state index contributed by atoms with van der Waals surface area (Å²) in [6.07, 6.45) is 1.01. The highest BCUT2D eigenvalue weighted by Crippen LogP contribution is 2.26. The van der Waals surface area contributed by atoms with Crippen molar-refractivity contribution in [2.24, 2.45) is 5.92 Å². The molecule has 0 radical (unpaired) electrons. The number of piperidine rings is 1. The van der Waals surface area contributed by atoms with E-state index in [9.17, 15) is 13.2 Å². The number of carbonyl (C=O) groups excluding carboxylic acids is 1. The average Bonchev–Trinajstić information content (AvgIpc) is 2.75. The van der Waals surface area contributed by atoms with E-state index in [4.69, 9.17) is 4.74 Å². The molecule has 1 fully saturated rings. The summed E-state index contributed by atoms with van der Waals surface area (Å²) in [5, 5.41) is 2.96. The van der Waals surface area contributed by atoms with E-state index in [2.05, 4.69) is 19.2 Å². The third-order valence-electron chi connectivity index (χ3n) is 5.44. The van der Waals surface area contributed by atoms with Crippen LogP contribution in [0.1, 0.15) is 45.1 Å². The Kier molecular flexibility index (Phi) is 7.15. The molecule has 0 atom stereocenters. The summed E-state index contributed by atoms with van der Waals surface area (Å²) in [6, 6.07) is 14.3. The Morgan fingerprint density at radius 1 is 1.07 bits per heavy atom. The molecule has 0 aromatic heterocycles. The summed E-state index contributed by atoms with van der Waals surface area (Å²) in [5.74, 6) is 0.844. The van der Waals surface area contributed by atoms with Crippen LogP contribution in [0.25, 0.3) is 0 Å². The number of anilines is 1. The highest BCUT2D eigenvalue weighted by Gasteiger charge is 2.32. The monoisotopic (exact) mass is 430 g/mol. The van der Waals surface area contributed by atoms with Crippen molar-refractivity contribution in [1.82, 2.24) is 4.31 Å². The van der Waals surface area contributed by atoms with E-state index in [0.29, 0.717) is 44.2 Å². The van der Waals surface area contributed by atoms with Crippen molar-refractivity contribution in [3.63, 3.8) is 0 Å². The zero-order chi connectivity index (χ0) is 21.7. The van der Waals surface area contributed by atoms with Crippen molar-refractivity contribution in [3.05, 3.63) is 54.1 Å². The molecule has 1 amide bonds. The predicted molar refractivity (Wildman–Crippen MR) is 118 cm³/mol. The van der Waals surface area contributed by atoms with Gasteiger partial charge in [-0.05, 0) is 67.6 Å². The van der Waals surface area contributed by atoms with Crippen molar-refractivity contribution in [2.45, 2.75) is 44.4 Å². The van der Waals surface area contributed by atoms with Gasteiger partial charge in [0, 0.05) is 24.7 Å². The van der Waals surface area contributed by atoms with Gasteiger partial charge in [0.15, 0.2) is 0 Å². The fourth-order valence-corrected chi connectivity index (χ4v) is 5.05. The molecule has 0 bridgehead atoms. The SMILES string of the molecule is CCOc1ccc(S(=O)(=O)N2CCC(C(=O)Nc3ccc(C(C)C)cc3)CC2)cc1. The first-order valence-corrected chi connectivity index (χ1v) is 11.9. The normalized spacial score (nSPS) is 15.9. The molecule has 6 nitrogen and oxygen atoms in total. The van der Waals surface area contributed by atoms with Crippen molar-refractivity contribution in [1.29, 1.82) is 0 Å². The summed E-state index contributed by atoms with van der Waals surface area (Å²) in [4.78, 5) is 12.9. The van der Waals surface area contributed by atoms with Crippen LogP contribution >= 0.6 is 0 Å². The van der Waals surface area contributed by atoms with Crippen LogP contribution in [0.3, 0.4) is 0 Å². The number of rotatable bonds is 7. The molecule has 1 heterocycles. The Morgan fingerprint density at radius 3 is 2.20 bits per heavy atom. The molecule has 0 spiro atoms. The maximum atomic E-state index is 12.9. The first-order chi connectivity index (χ1) is 14.3. The summed E-state index contributed by atoms with van der Waals surface area (Å²) in [7, 11) is -3.57. The molecule has 1 aliphatic heterocycles. The van der Waals surface area contributed by atoms with E-state index in [1.54, 1.807) is 24.3 Å². The van der Waals surface area contributed by atoms with Crippen LogP contribution in [-0.2, 0) is 14.8 Å². The lowest BCUT2D eigenvalue weighted by Crippen LogP contribution is -2.41. The van der Waals surface area contributed by atoms with Gasteiger partial charge < -0.3 is 10.1 Å². The number of benzene rings is 2. The Bertz CT molecular complexity index is 946. The maximum absolute atomic E-state index is 12.9. The summed E-state index contributed by atoms with van der Waals surface area (Å²) >= 11 is 0. The van der Waals surface area contributed by atoms with Crippen molar-refractivity contribution in [3.8, 4) is 5.75 Å². The quantitative estimate of drug-likeness (QED) is 0.713. The molecule has 2 aromatic rings. The molecule has 162 valence electrons. The van der Waals surface area contributed by atoms with Gasteiger partial charge in [0.1, 0.15) is 5.75 Å². The largest absolute Gasteiger partial charge is 0.494 e. The molecule has 30 heavy (non-hydrogen) atoms. The first kappa shape index (κ1) is 22.3. The zero-order valence-corrected chi connectivity index (χ0v) is 18.6. The van der Waals surface area contributed by atoms with Crippen LogP contribution < -0.4 is 10.1 Å². The molecular formula is C23H30N2O4S. The van der Waals surface area contributed by atoms with Gasteiger partial charge in [-0.15, -0.1) is 0 Å². The van der Waals surface area contributed by atoms with Crippen LogP contribution in [0.5, 0.6) is 5.75 Å². The molecule has 7 heteroatoms. The Balaban J connectivity index is 1.57. The van der Waals surface area contributed by atoms with E-state index in [1.807, 2.05) is 31.2 Å². The van der Waals surface area contributed by atoms with E-state index in [0.717, 1.165) is 5.69 Å². The smallest absolute Gasteiger partial charge is 0.243 e. The van der Waals surface area contributed by atoms with Crippen molar-refractivity contribution < 1.29 is 17.9 Å². The minimum absolute atomic E-state index is 0.0505. The van der Waals surface area contributed by atoms with Crippen LogP contribution in [0.2, 0.25) is 0 Å². The highest BCUT2D eigenvalue weighted by molar-refractivity contribution is 7.89. The van der Waals surface area contributed by atoms with Crippen LogP contribution in [0.4, 0.5) is 5.69 Å². The number of hydrogen-bond donors (Lipinski definition) is 1. The topological polar surface area (TPSA) is 75.7 Å². The van der Waals surface area contributed by atoms with Gasteiger partial charge in [0.05, 0.1) is 11.5 Å². The van der Waals surface area contributed by atoms with Gasteiger partial charge in [-0.1, -0.05) is 26.0 Å². The van der Waals surface area contributed by atoms with Gasteiger partial charge in [-0.2, -0.15) is 4.31 Å². The second-order valence-corrected chi connectivity index (χ2v) is 9.79. The minimum Gasteiger partial charge on any atom is -0.494 e. The molecule has 2 aromatic carbocycles. The zero-order valence-electron chi connectivity index (χ0n) is 17.8. The number of hydrogen-bond acceptors (Lipinski definition) is 4. The number of amides is 1. The predicted octanol–water partition coefficient (Wildman–Crippen LogP) is 4.25. The van der Waals surface area contributed by atoms with Crippen LogP contribution in [-0.4, -0.2) is 38.3 Å². The Hall–Kier alpha value is -2.38. The fraction of sp³-hybridized carbons (Fsp3) is 0.435. The summed E-state index contributed by atoms with van der Waals surface area (Å²) < 4.78 is 32.6. The molecule has 3 rings (SSSR count). The number of carbonyl (C=O) groups is 1. The summed E-state index contributed by atoms with van der Waals surface area (Å²) in [5.41, 5.74) is 2.00. The lowest BCUT2D eigenvalue weighted by molar-refractivity contribution is -0.120. The van der Waals surface area contributed by atoms with Gasteiger partial charge in [0.25, 0.3) is 0 Å². The van der Waals surface area contributed by atoms with Crippen molar-refractivity contribution >= 4 is 21.6 Å². The van der Waals surface area contributed by atoms with Crippen LogP contribution in [0.15, 0.2) is 53.4 Å². The lowest BCUT2D eigenvalue weighted by Gasteiger charge is -2.30. The van der Waals surface area contributed by atoms with E-state index in [-0.39, 0.29) is 16.7 Å². The maximum Gasteiger partial charge on any atom is 0.243 e. The number of sulfonamides is 1. The van der Waals surface area contributed by atoms with Crippen molar-refractivity contribution in [2.75, 3.05) is 25.0 Å². The second-order valence-electron chi connectivity index (χ2n) is 7.85. The molecule has 0 unspecified atom stereocenters. The van der Waals surface area contributed by atoms with Gasteiger partial charge in [0.2, 0.25) is 15.9 Å². The third kappa shape index (κ3) is 5.21. The first-order valence-electron chi connectivity index (χ1n) is 10.4. The molecule has 1 aliphatic rings. The molecular weight excluding hydrogens is 400 g/mol. The number of nitrogens with zero attached hydrogens (tertiary/aromatic N) is 1. The van der Waals surface area contributed by atoms with Gasteiger partial charge in [-0.3, -0.25) is 4.79 Å². The average molecular weight is 431 g/mol.